The molecule has 30 heavy (non-hydrogen) atoms. The van der Waals surface area contributed by atoms with Crippen LogP contribution >= 0.6 is 23.2 Å². The third-order valence-electron chi connectivity index (χ3n) is 4.03. The van der Waals surface area contributed by atoms with E-state index in [9.17, 15) is 18.4 Å². The van der Waals surface area contributed by atoms with Crippen LogP contribution in [0.15, 0.2) is 48.7 Å². The Balaban J connectivity index is 1.84. The highest BCUT2D eigenvalue weighted by Gasteiger charge is 2.19. The Morgan fingerprint density at radius 1 is 1.07 bits per heavy atom. The van der Waals surface area contributed by atoms with Gasteiger partial charge < -0.3 is 5.32 Å². The molecule has 0 atom stereocenters. The van der Waals surface area contributed by atoms with Gasteiger partial charge in [-0.15, -0.1) is 5.10 Å². The lowest BCUT2D eigenvalue weighted by Gasteiger charge is -2.20. The molecule has 0 unspecified atom stereocenters. The number of benzene rings is 2. The van der Waals surface area contributed by atoms with Crippen LogP contribution in [0.25, 0.3) is 0 Å². The zero-order chi connectivity index (χ0) is 21.8. The summed E-state index contributed by atoms with van der Waals surface area (Å²) in [5, 5.41) is 11.0. The van der Waals surface area contributed by atoms with Gasteiger partial charge in [-0.1, -0.05) is 29.3 Å². The summed E-state index contributed by atoms with van der Waals surface area (Å²) in [6.45, 7) is 1.23. The Kier molecular flexibility index (Phi) is 6.59. The highest BCUT2D eigenvalue weighted by atomic mass is 35.5. The largest absolute Gasteiger partial charge is 0.324 e. The van der Waals surface area contributed by atoms with Gasteiger partial charge in [0.25, 0.3) is 0 Å². The van der Waals surface area contributed by atoms with E-state index in [2.05, 4.69) is 15.5 Å². The monoisotopic (exact) mass is 450 g/mol. The van der Waals surface area contributed by atoms with Crippen LogP contribution in [0.3, 0.4) is 0 Å². The van der Waals surface area contributed by atoms with Gasteiger partial charge in [-0.25, -0.2) is 8.78 Å². The number of carbonyl (C=O) groups is 2. The predicted octanol–water partition coefficient (Wildman–Crippen LogP) is 4.93. The van der Waals surface area contributed by atoms with E-state index in [-0.39, 0.29) is 23.6 Å². The normalized spacial score (nSPS) is 10.6. The molecule has 1 aromatic heterocycles. The summed E-state index contributed by atoms with van der Waals surface area (Å²) >= 11 is 12.2. The van der Waals surface area contributed by atoms with Crippen molar-refractivity contribution < 1.29 is 18.4 Å². The van der Waals surface area contributed by atoms with Crippen LogP contribution in [0.4, 0.5) is 26.0 Å². The fourth-order valence-corrected chi connectivity index (χ4v) is 3.23. The van der Waals surface area contributed by atoms with Crippen molar-refractivity contribution in [2.24, 2.45) is 0 Å². The van der Waals surface area contributed by atoms with Crippen molar-refractivity contribution in [3.05, 3.63) is 75.9 Å². The van der Waals surface area contributed by atoms with Crippen molar-refractivity contribution in [2.75, 3.05) is 10.2 Å². The number of amides is 2. The lowest BCUT2D eigenvalue weighted by molar-refractivity contribution is -0.116. The maximum Gasteiger partial charge on any atom is 0.229 e. The van der Waals surface area contributed by atoms with Crippen LogP contribution < -0.4 is 10.2 Å². The van der Waals surface area contributed by atoms with E-state index < -0.39 is 23.4 Å². The molecule has 0 radical (unpaired) electrons. The van der Waals surface area contributed by atoms with Crippen molar-refractivity contribution in [1.29, 1.82) is 0 Å². The lowest BCUT2D eigenvalue weighted by atomic mass is 10.1. The number of anilines is 3. The minimum Gasteiger partial charge on any atom is -0.324 e. The van der Waals surface area contributed by atoms with Gasteiger partial charge in [-0.3, -0.25) is 14.5 Å². The van der Waals surface area contributed by atoms with Crippen LogP contribution in [0.1, 0.15) is 12.5 Å². The molecular weight excluding hydrogens is 437 g/mol. The third kappa shape index (κ3) is 4.90. The Bertz CT molecular complexity index is 1110. The van der Waals surface area contributed by atoms with Crippen LogP contribution in [0, 0.1) is 11.6 Å². The first-order valence-corrected chi connectivity index (χ1v) is 9.33. The number of carbonyl (C=O) groups excluding carboxylic acids is 2. The van der Waals surface area contributed by atoms with Crippen molar-refractivity contribution in [3.63, 3.8) is 0 Å². The van der Waals surface area contributed by atoms with Crippen LogP contribution in [-0.4, -0.2) is 22.0 Å². The molecule has 0 bridgehead atoms. The third-order valence-corrected chi connectivity index (χ3v) is 4.74. The van der Waals surface area contributed by atoms with E-state index in [1.807, 2.05) is 0 Å². The Morgan fingerprint density at radius 2 is 1.77 bits per heavy atom. The fourth-order valence-electron chi connectivity index (χ4n) is 2.70. The maximum absolute atomic E-state index is 13.6. The zero-order valence-electron chi connectivity index (χ0n) is 15.5. The number of hydrogen-bond donors (Lipinski definition) is 1. The SMILES string of the molecule is CC(=O)N(c1ccc(F)c(F)c1)c1cc(NC(=O)Cc2c(Cl)cccc2Cl)cnn1. The van der Waals surface area contributed by atoms with Gasteiger partial charge in [-0.2, -0.15) is 5.10 Å². The molecule has 2 aromatic carbocycles. The predicted molar refractivity (Wildman–Crippen MR) is 110 cm³/mol. The van der Waals surface area contributed by atoms with E-state index in [0.717, 1.165) is 17.0 Å². The number of hydrogen-bond acceptors (Lipinski definition) is 4. The number of nitrogens with zero attached hydrogens (tertiary/aromatic N) is 3. The Labute approximate surface area is 180 Å². The average Bonchev–Trinajstić information content (AvgIpc) is 2.68. The summed E-state index contributed by atoms with van der Waals surface area (Å²) in [5.41, 5.74) is 0.761. The number of nitrogens with one attached hydrogen (secondary N) is 1. The number of aromatic nitrogens is 2. The average molecular weight is 451 g/mol. The summed E-state index contributed by atoms with van der Waals surface area (Å²) in [7, 11) is 0. The minimum absolute atomic E-state index is 0.0158. The molecule has 154 valence electrons. The van der Waals surface area contributed by atoms with Crippen molar-refractivity contribution in [3.8, 4) is 0 Å². The fraction of sp³-hybridized carbons (Fsp3) is 0.100. The Morgan fingerprint density at radius 3 is 2.40 bits per heavy atom. The van der Waals surface area contributed by atoms with E-state index in [1.165, 1.54) is 25.3 Å². The first-order chi connectivity index (χ1) is 14.3. The molecule has 3 aromatic rings. The van der Waals surface area contributed by atoms with Crippen LogP contribution in [0.2, 0.25) is 10.0 Å². The summed E-state index contributed by atoms with van der Waals surface area (Å²) in [6, 6.07) is 9.27. The van der Waals surface area contributed by atoms with E-state index in [0.29, 0.717) is 15.6 Å². The molecule has 2 amide bonds. The van der Waals surface area contributed by atoms with Crippen LogP contribution in [-0.2, 0) is 16.0 Å². The van der Waals surface area contributed by atoms with Crippen LogP contribution in [0.5, 0.6) is 0 Å². The molecule has 10 heteroatoms. The molecule has 0 saturated heterocycles. The Hall–Kier alpha value is -3.10. The van der Waals surface area contributed by atoms with Gasteiger partial charge in [0.1, 0.15) is 0 Å². The van der Waals surface area contributed by atoms with Crippen molar-refractivity contribution in [1.82, 2.24) is 10.2 Å². The van der Waals surface area contributed by atoms with Crippen molar-refractivity contribution in [2.45, 2.75) is 13.3 Å². The highest BCUT2D eigenvalue weighted by Crippen LogP contribution is 2.28. The summed E-state index contributed by atoms with van der Waals surface area (Å²) in [6.07, 6.45) is 1.19. The number of rotatable bonds is 5. The van der Waals surface area contributed by atoms with Gasteiger partial charge in [0, 0.05) is 29.1 Å². The molecule has 6 nitrogen and oxygen atoms in total. The molecule has 0 spiro atoms. The highest BCUT2D eigenvalue weighted by molar-refractivity contribution is 6.36. The molecule has 0 aliphatic heterocycles. The van der Waals surface area contributed by atoms with Crippen molar-refractivity contribution >= 4 is 52.2 Å². The van der Waals surface area contributed by atoms with E-state index >= 15 is 0 Å². The summed E-state index contributed by atoms with van der Waals surface area (Å²) in [5.74, 6) is -3.09. The first-order valence-electron chi connectivity index (χ1n) is 8.57. The first kappa shape index (κ1) is 21.6. The van der Waals surface area contributed by atoms with Gasteiger partial charge >= 0.3 is 0 Å². The second-order valence-corrected chi connectivity index (χ2v) is 6.99. The van der Waals surface area contributed by atoms with Gasteiger partial charge in [0.2, 0.25) is 11.8 Å². The van der Waals surface area contributed by atoms with Gasteiger partial charge in [0.15, 0.2) is 17.5 Å². The maximum atomic E-state index is 13.6. The summed E-state index contributed by atoms with van der Waals surface area (Å²) < 4.78 is 26.9. The smallest absolute Gasteiger partial charge is 0.229 e. The molecule has 1 N–H and O–H groups in total. The topological polar surface area (TPSA) is 75.2 Å². The minimum atomic E-state index is -1.12. The molecular formula is C20H14Cl2F2N4O2. The quantitative estimate of drug-likeness (QED) is 0.597. The molecule has 0 saturated carbocycles. The standard InChI is InChI=1S/C20H14Cl2F2N4O2/c1-11(29)28(13-5-6-17(23)18(24)8-13)19-7-12(10-25-27-19)26-20(30)9-14-15(21)3-2-4-16(14)22/h2-8,10H,9H2,1H3,(H,26,27,30). The van der Waals surface area contributed by atoms with E-state index in [1.54, 1.807) is 18.2 Å². The second-order valence-electron chi connectivity index (χ2n) is 6.18. The second kappa shape index (κ2) is 9.15. The molecule has 0 fully saturated rings. The molecule has 3 rings (SSSR count). The summed E-state index contributed by atoms with van der Waals surface area (Å²) in [4.78, 5) is 25.6. The zero-order valence-corrected chi connectivity index (χ0v) is 17.0. The lowest BCUT2D eigenvalue weighted by Crippen LogP contribution is -2.24. The van der Waals surface area contributed by atoms with Gasteiger partial charge in [0.05, 0.1) is 24.0 Å². The van der Waals surface area contributed by atoms with Gasteiger partial charge in [-0.05, 0) is 29.8 Å². The molecule has 1 heterocycles. The molecule has 0 aliphatic rings. The van der Waals surface area contributed by atoms with E-state index in [4.69, 9.17) is 23.2 Å². The molecule has 0 aliphatic carbocycles. The number of halogens is 4.